The highest BCUT2D eigenvalue weighted by atomic mass is 79.9. The molecule has 0 bridgehead atoms. The third-order valence-corrected chi connectivity index (χ3v) is 6.31. The van der Waals surface area contributed by atoms with Crippen LogP contribution >= 0.6 is 39.2 Å². The lowest BCUT2D eigenvalue weighted by Crippen LogP contribution is -2.28. The molecule has 0 atom stereocenters. The van der Waals surface area contributed by atoms with Gasteiger partial charge in [0.2, 0.25) is 0 Å². The number of hydrogen-bond acceptors (Lipinski definition) is 5. The van der Waals surface area contributed by atoms with Crippen molar-refractivity contribution in [3.8, 4) is 0 Å². The lowest BCUT2D eigenvalue weighted by molar-refractivity contribution is 0.0694. The number of urea groups is 1. The van der Waals surface area contributed by atoms with Crippen LogP contribution in [0.4, 0.5) is 23.0 Å². The van der Waals surface area contributed by atoms with Crippen LogP contribution in [0.3, 0.4) is 0 Å². The maximum Gasteiger partial charge on any atom is 0.341 e. The monoisotopic (exact) mass is 531 g/mol. The molecule has 12 heteroatoms. The van der Waals surface area contributed by atoms with Gasteiger partial charge < -0.3 is 10.4 Å². The fourth-order valence-electron chi connectivity index (χ4n) is 2.41. The van der Waals surface area contributed by atoms with Crippen LogP contribution in [0.25, 0.3) is 0 Å². The van der Waals surface area contributed by atoms with Crippen molar-refractivity contribution in [3.63, 3.8) is 0 Å². The summed E-state index contributed by atoms with van der Waals surface area (Å²) < 4.78 is 44.8. The summed E-state index contributed by atoms with van der Waals surface area (Å²) in [6, 6.07) is 7.00. The van der Waals surface area contributed by atoms with Crippen LogP contribution < -0.4 is 10.6 Å². The number of nitrogens with one attached hydrogen (secondary N) is 2. The van der Waals surface area contributed by atoms with E-state index in [1.54, 1.807) is 12.1 Å². The van der Waals surface area contributed by atoms with Crippen molar-refractivity contribution in [2.75, 3.05) is 5.32 Å². The molecule has 2 aromatic carbocycles. The molecular weight excluding hydrogens is 519 g/mol. The first-order valence-electron chi connectivity index (χ1n) is 8.53. The number of carbonyl (C=O) groups is 2. The van der Waals surface area contributed by atoms with Crippen molar-refractivity contribution in [3.05, 3.63) is 75.0 Å². The number of halogens is 4. The van der Waals surface area contributed by atoms with Gasteiger partial charge in [0.05, 0.1) is 0 Å². The third kappa shape index (κ3) is 5.99. The Morgan fingerprint density at radius 3 is 2.55 bits per heavy atom. The van der Waals surface area contributed by atoms with Crippen LogP contribution in [0.2, 0.25) is 0 Å². The number of amides is 2. The lowest BCUT2D eigenvalue weighted by atomic mass is 10.2. The quantitative estimate of drug-likeness (QED) is 0.343. The number of hydrogen-bond donors (Lipinski definition) is 3. The van der Waals surface area contributed by atoms with Gasteiger partial charge in [0.25, 0.3) is 0 Å². The van der Waals surface area contributed by atoms with E-state index in [4.69, 9.17) is 0 Å². The van der Waals surface area contributed by atoms with Gasteiger partial charge in [-0.05, 0) is 46.9 Å². The van der Waals surface area contributed by atoms with Crippen LogP contribution in [0.1, 0.15) is 21.5 Å². The number of benzene rings is 2. The molecule has 0 unspecified atom stereocenters. The second kappa shape index (κ2) is 10.2. The Kier molecular flexibility index (Phi) is 7.57. The number of carboxylic acids is 1. The van der Waals surface area contributed by atoms with Crippen LogP contribution in [-0.4, -0.2) is 21.5 Å². The van der Waals surface area contributed by atoms with Gasteiger partial charge in [-0.1, -0.05) is 39.8 Å². The van der Waals surface area contributed by atoms with E-state index in [0.717, 1.165) is 35.4 Å². The van der Waals surface area contributed by atoms with E-state index in [-0.39, 0.29) is 27.9 Å². The van der Waals surface area contributed by atoms with E-state index in [2.05, 4.69) is 30.9 Å². The molecule has 0 aliphatic carbocycles. The fourth-order valence-corrected chi connectivity index (χ4v) is 4.67. The van der Waals surface area contributed by atoms with E-state index < -0.39 is 29.5 Å². The summed E-state index contributed by atoms with van der Waals surface area (Å²) in [6.45, 7) is -0.102. The zero-order valence-corrected chi connectivity index (χ0v) is 18.6. The molecule has 1 aromatic heterocycles. The molecule has 0 radical (unpaired) electrons. The fraction of sp³-hybridized carbons (Fsp3) is 0.105. The smallest absolute Gasteiger partial charge is 0.341 e. The topological polar surface area (TPSA) is 91.3 Å². The molecule has 3 rings (SSSR count). The van der Waals surface area contributed by atoms with Gasteiger partial charge in [-0.15, -0.1) is 0 Å². The van der Waals surface area contributed by atoms with Gasteiger partial charge >= 0.3 is 12.0 Å². The molecule has 3 N–H and O–H groups in total. The summed E-state index contributed by atoms with van der Waals surface area (Å²) in [5.41, 5.74) is 0.483. The minimum absolute atomic E-state index is 0.00550. The second-order valence-corrected chi connectivity index (χ2v) is 8.73. The Morgan fingerprint density at radius 1 is 1.10 bits per heavy atom. The molecule has 6 nitrogen and oxygen atoms in total. The maximum atomic E-state index is 14.0. The van der Waals surface area contributed by atoms with Crippen molar-refractivity contribution in [2.24, 2.45) is 0 Å². The van der Waals surface area contributed by atoms with Gasteiger partial charge in [-0.2, -0.15) is 4.37 Å². The minimum atomic E-state index is -1.30. The molecule has 0 aliphatic rings. The average Bonchev–Trinajstić information content (AvgIpc) is 3.11. The highest BCUT2D eigenvalue weighted by molar-refractivity contribution is 9.10. The molecule has 31 heavy (non-hydrogen) atoms. The van der Waals surface area contributed by atoms with Gasteiger partial charge in [0.1, 0.15) is 21.4 Å². The van der Waals surface area contributed by atoms with Crippen LogP contribution in [0.15, 0.2) is 45.9 Å². The highest BCUT2D eigenvalue weighted by Crippen LogP contribution is 2.34. The Bertz CT molecular complexity index is 1140. The van der Waals surface area contributed by atoms with E-state index in [9.17, 15) is 27.9 Å². The molecule has 0 saturated heterocycles. The number of aromatic carboxylic acids is 1. The van der Waals surface area contributed by atoms with Gasteiger partial charge in [0.15, 0.2) is 11.6 Å². The number of nitrogens with zero attached hydrogens (tertiary/aromatic N) is 1. The SMILES string of the molecule is O=C(NCc1ccc(F)c(F)c1)Nc1snc(SCc2ccc(Br)cc2F)c1C(=O)O. The number of aromatic nitrogens is 1. The van der Waals surface area contributed by atoms with Crippen molar-refractivity contribution < 1.29 is 27.9 Å². The Labute approximate surface area is 191 Å². The predicted molar refractivity (Wildman–Crippen MR) is 115 cm³/mol. The maximum absolute atomic E-state index is 14.0. The number of carboxylic acid groups (broad SMARTS) is 1. The van der Waals surface area contributed by atoms with Gasteiger partial charge in [-0.3, -0.25) is 5.32 Å². The van der Waals surface area contributed by atoms with Gasteiger partial charge in [0, 0.05) is 16.8 Å². The molecule has 0 aliphatic heterocycles. The van der Waals surface area contributed by atoms with E-state index in [1.165, 1.54) is 12.1 Å². The number of thioether (sulfide) groups is 1. The highest BCUT2D eigenvalue weighted by Gasteiger charge is 2.22. The Morgan fingerprint density at radius 2 is 1.87 bits per heavy atom. The summed E-state index contributed by atoms with van der Waals surface area (Å²) in [7, 11) is 0. The first-order chi connectivity index (χ1) is 14.7. The molecule has 0 spiro atoms. The zero-order chi connectivity index (χ0) is 22.5. The van der Waals surface area contributed by atoms with E-state index in [1.807, 2.05) is 0 Å². The van der Waals surface area contributed by atoms with E-state index in [0.29, 0.717) is 15.6 Å². The summed E-state index contributed by atoms with van der Waals surface area (Å²) in [5.74, 6) is -3.64. The van der Waals surface area contributed by atoms with Crippen LogP contribution in [0.5, 0.6) is 0 Å². The largest absolute Gasteiger partial charge is 0.477 e. The molecular formula is C19H13BrF3N3O3S2. The summed E-state index contributed by atoms with van der Waals surface area (Å²) in [4.78, 5) is 23.8. The Balaban J connectivity index is 1.65. The lowest BCUT2D eigenvalue weighted by Gasteiger charge is -2.07. The van der Waals surface area contributed by atoms with Crippen molar-refractivity contribution in [1.82, 2.24) is 9.69 Å². The molecule has 3 aromatic rings. The first-order valence-corrected chi connectivity index (χ1v) is 11.1. The third-order valence-electron chi connectivity index (χ3n) is 3.92. The van der Waals surface area contributed by atoms with E-state index >= 15 is 0 Å². The second-order valence-electron chi connectivity index (χ2n) is 6.08. The molecule has 1 heterocycles. The molecule has 162 valence electrons. The summed E-state index contributed by atoms with van der Waals surface area (Å²) in [6.07, 6.45) is 0. The van der Waals surface area contributed by atoms with Crippen molar-refractivity contribution in [1.29, 1.82) is 0 Å². The van der Waals surface area contributed by atoms with Crippen LogP contribution in [-0.2, 0) is 12.3 Å². The molecule has 2 amide bonds. The Hall–Kier alpha value is -2.57. The molecule has 0 fully saturated rings. The normalized spacial score (nSPS) is 10.7. The number of anilines is 1. The minimum Gasteiger partial charge on any atom is -0.477 e. The van der Waals surface area contributed by atoms with Crippen LogP contribution in [0, 0.1) is 17.5 Å². The van der Waals surface area contributed by atoms with Crippen molar-refractivity contribution >= 4 is 56.2 Å². The summed E-state index contributed by atoms with van der Waals surface area (Å²) in [5, 5.41) is 14.5. The standard InChI is InChI=1S/C19H13BrF3N3O3S2/c20-11-3-2-10(13(22)6-11)8-30-17-15(18(27)28)16(31-26-17)25-19(29)24-7-9-1-4-12(21)14(23)5-9/h1-6H,7-8H2,(H,27,28)(H2,24,25,29). The number of carbonyl (C=O) groups excluding carboxylic acids is 1. The molecule has 0 saturated carbocycles. The predicted octanol–water partition coefficient (Wildman–Crippen LogP) is 5.64. The average molecular weight is 532 g/mol. The first kappa shape index (κ1) is 23.1. The summed E-state index contributed by atoms with van der Waals surface area (Å²) >= 11 is 4.96. The van der Waals surface area contributed by atoms with Crippen molar-refractivity contribution in [2.45, 2.75) is 17.3 Å². The number of rotatable bonds is 7. The van der Waals surface area contributed by atoms with Gasteiger partial charge in [-0.25, -0.2) is 22.8 Å². The zero-order valence-electron chi connectivity index (χ0n) is 15.4.